The van der Waals surface area contributed by atoms with Gasteiger partial charge in [-0.25, -0.2) is 4.79 Å². The first-order chi connectivity index (χ1) is 7.72. The van der Waals surface area contributed by atoms with Gasteiger partial charge in [-0.15, -0.1) is 0 Å². The molecule has 1 rings (SSSR count). The van der Waals surface area contributed by atoms with Crippen LogP contribution in [-0.4, -0.2) is 24.9 Å². The van der Waals surface area contributed by atoms with Gasteiger partial charge in [0, 0.05) is 7.05 Å². The van der Waals surface area contributed by atoms with Crippen LogP contribution in [0.1, 0.15) is 18.4 Å². The second kappa shape index (κ2) is 6.71. The monoisotopic (exact) mass is 223 g/mol. The highest BCUT2D eigenvalue weighted by Gasteiger charge is 1.97. The van der Waals surface area contributed by atoms with Crippen molar-refractivity contribution in [1.82, 2.24) is 5.32 Å². The van der Waals surface area contributed by atoms with Crippen LogP contribution in [0.2, 0.25) is 0 Å². The van der Waals surface area contributed by atoms with Gasteiger partial charge in [0.15, 0.2) is 0 Å². The van der Waals surface area contributed by atoms with E-state index < -0.39 is 0 Å². The van der Waals surface area contributed by atoms with Crippen molar-refractivity contribution in [2.45, 2.75) is 19.3 Å². The van der Waals surface area contributed by atoms with Crippen molar-refractivity contribution in [1.29, 1.82) is 0 Å². The Morgan fingerprint density at radius 1 is 1.31 bits per heavy atom. The number of alkyl carbamates (subject to hydrolysis) is 1. The topological polar surface area (TPSA) is 58.6 Å². The molecule has 0 aromatic heterocycles. The van der Waals surface area contributed by atoms with Crippen LogP contribution in [0.4, 0.5) is 4.79 Å². The lowest BCUT2D eigenvalue weighted by atomic mass is 10.1. The Hall–Kier alpha value is -1.71. The van der Waals surface area contributed by atoms with Gasteiger partial charge >= 0.3 is 6.09 Å². The first-order valence-electron chi connectivity index (χ1n) is 5.35. The first kappa shape index (κ1) is 12.4. The minimum atomic E-state index is -0.385. The van der Waals surface area contributed by atoms with Gasteiger partial charge in [-0.1, -0.05) is 12.1 Å². The lowest BCUT2D eigenvalue weighted by Gasteiger charge is -2.04. The normalized spacial score (nSPS) is 9.81. The maximum absolute atomic E-state index is 10.7. The predicted molar refractivity (Wildman–Crippen MR) is 61.5 cm³/mol. The van der Waals surface area contributed by atoms with Crippen molar-refractivity contribution in [2.24, 2.45) is 0 Å². The molecule has 0 radical (unpaired) electrons. The van der Waals surface area contributed by atoms with Crippen LogP contribution in [-0.2, 0) is 11.2 Å². The zero-order valence-corrected chi connectivity index (χ0v) is 9.40. The minimum Gasteiger partial charge on any atom is -0.508 e. The molecular weight excluding hydrogens is 206 g/mol. The number of aryl methyl sites for hydroxylation is 1. The number of hydrogen-bond acceptors (Lipinski definition) is 3. The van der Waals surface area contributed by atoms with Crippen LogP contribution in [0.5, 0.6) is 5.75 Å². The number of unbranched alkanes of at least 4 members (excludes halogenated alkanes) is 1. The van der Waals surface area contributed by atoms with E-state index in [1.165, 1.54) is 5.56 Å². The fraction of sp³-hybridized carbons (Fsp3) is 0.417. The molecule has 1 aromatic carbocycles. The minimum absolute atomic E-state index is 0.284. The van der Waals surface area contributed by atoms with Gasteiger partial charge in [0.25, 0.3) is 0 Å². The third kappa shape index (κ3) is 4.68. The Kier molecular flexibility index (Phi) is 5.19. The number of hydrogen-bond donors (Lipinski definition) is 2. The summed E-state index contributed by atoms with van der Waals surface area (Å²) in [6.07, 6.45) is 2.35. The number of phenols is 1. The van der Waals surface area contributed by atoms with Gasteiger partial charge in [0.05, 0.1) is 6.61 Å². The molecular formula is C12H17NO3. The molecule has 4 nitrogen and oxygen atoms in total. The second-order valence-electron chi connectivity index (χ2n) is 3.51. The highest BCUT2D eigenvalue weighted by atomic mass is 16.5. The Balaban J connectivity index is 2.11. The van der Waals surface area contributed by atoms with E-state index in [2.05, 4.69) is 5.32 Å². The molecule has 0 saturated carbocycles. The molecule has 16 heavy (non-hydrogen) atoms. The molecule has 88 valence electrons. The van der Waals surface area contributed by atoms with E-state index in [0.717, 1.165) is 19.3 Å². The third-order valence-electron chi connectivity index (χ3n) is 2.23. The van der Waals surface area contributed by atoms with Crippen LogP contribution in [0.25, 0.3) is 0 Å². The average Bonchev–Trinajstić information content (AvgIpc) is 2.31. The summed E-state index contributed by atoms with van der Waals surface area (Å²) < 4.78 is 4.86. The Morgan fingerprint density at radius 3 is 2.62 bits per heavy atom. The maximum atomic E-state index is 10.7. The molecule has 0 bridgehead atoms. The summed E-state index contributed by atoms with van der Waals surface area (Å²) in [5, 5.41) is 11.5. The zero-order valence-electron chi connectivity index (χ0n) is 9.40. The van der Waals surface area contributed by atoms with E-state index in [4.69, 9.17) is 9.84 Å². The Bertz CT molecular complexity index is 322. The Morgan fingerprint density at radius 2 is 2.00 bits per heavy atom. The number of benzene rings is 1. The molecule has 0 aliphatic carbocycles. The number of aromatic hydroxyl groups is 1. The average molecular weight is 223 g/mol. The van der Waals surface area contributed by atoms with E-state index in [1.54, 1.807) is 19.2 Å². The molecule has 0 atom stereocenters. The van der Waals surface area contributed by atoms with E-state index in [9.17, 15) is 4.79 Å². The standard InChI is InChI=1S/C12H17NO3/c1-13-12(15)16-9-3-2-4-10-5-7-11(14)8-6-10/h5-8,14H,2-4,9H2,1H3,(H,13,15). The van der Waals surface area contributed by atoms with Crippen LogP contribution in [0.3, 0.4) is 0 Å². The summed E-state index contributed by atoms with van der Waals surface area (Å²) in [5.74, 6) is 0.284. The lowest BCUT2D eigenvalue weighted by molar-refractivity contribution is 0.146. The number of amides is 1. The van der Waals surface area contributed by atoms with Crippen molar-refractivity contribution in [3.63, 3.8) is 0 Å². The van der Waals surface area contributed by atoms with Crippen LogP contribution in [0.15, 0.2) is 24.3 Å². The summed E-state index contributed by atoms with van der Waals surface area (Å²) in [6.45, 7) is 0.442. The summed E-state index contributed by atoms with van der Waals surface area (Å²) >= 11 is 0. The van der Waals surface area contributed by atoms with Crippen molar-refractivity contribution < 1.29 is 14.6 Å². The number of phenolic OH excluding ortho intramolecular Hbond substituents is 1. The van der Waals surface area contributed by atoms with Crippen molar-refractivity contribution in [3.8, 4) is 5.75 Å². The molecule has 0 saturated heterocycles. The number of rotatable bonds is 5. The highest BCUT2D eigenvalue weighted by Crippen LogP contribution is 2.11. The molecule has 1 aromatic rings. The van der Waals surface area contributed by atoms with Crippen molar-refractivity contribution in [3.05, 3.63) is 29.8 Å². The summed E-state index contributed by atoms with van der Waals surface area (Å²) in [5.41, 5.74) is 1.18. The molecule has 0 unspecified atom stereocenters. The third-order valence-corrected chi connectivity index (χ3v) is 2.23. The molecule has 0 aliphatic heterocycles. The van der Waals surface area contributed by atoms with Gasteiger partial charge < -0.3 is 15.2 Å². The van der Waals surface area contributed by atoms with Gasteiger partial charge in [-0.05, 0) is 37.0 Å². The molecule has 2 N–H and O–H groups in total. The largest absolute Gasteiger partial charge is 0.508 e. The van der Waals surface area contributed by atoms with E-state index in [0.29, 0.717) is 6.61 Å². The van der Waals surface area contributed by atoms with E-state index >= 15 is 0 Å². The number of carbonyl (C=O) groups is 1. The number of ether oxygens (including phenoxy) is 1. The summed E-state index contributed by atoms with van der Waals surface area (Å²) in [6, 6.07) is 7.15. The zero-order chi connectivity index (χ0) is 11.8. The fourth-order valence-corrected chi connectivity index (χ4v) is 1.33. The van der Waals surface area contributed by atoms with Gasteiger partial charge in [-0.3, -0.25) is 0 Å². The Labute approximate surface area is 95.2 Å². The quantitative estimate of drug-likeness (QED) is 0.751. The van der Waals surface area contributed by atoms with Crippen LogP contribution >= 0.6 is 0 Å². The highest BCUT2D eigenvalue weighted by molar-refractivity contribution is 5.66. The molecule has 0 fully saturated rings. The lowest BCUT2D eigenvalue weighted by Crippen LogP contribution is -2.19. The number of carbonyl (C=O) groups excluding carboxylic acids is 1. The van der Waals surface area contributed by atoms with Gasteiger partial charge in [0.2, 0.25) is 0 Å². The second-order valence-corrected chi connectivity index (χ2v) is 3.51. The molecule has 0 spiro atoms. The smallest absolute Gasteiger partial charge is 0.406 e. The van der Waals surface area contributed by atoms with Crippen LogP contribution < -0.4 is 5.32 Å². The molecule has 0 aliphatic rings. The van der Waals surface area contributed by atoms with Crippen molar-refractivity contribution >= 4 is 6.09 Å². The van der Waals surface area contributed by atoms with Crippen molar-refractivity contribution in [2.75, 3.05) is 13.7 Å². The summed E-state index contributed by atoms with van der Waals surface area (Å²) in [4.78, 5) is 10.7. The fourth-order valence-electron chi connectivity index (χ4n) is 1.33. The number of nitrogens with one attached hydrogen (secondary N) is 1. The van der Waals surface area contributed by atoms with Gasteiger partial charge in [0.1, 0.15) is 5.75 Å². The van der Waals surface area contributed by atoms with Crippen LogP contribution in [0, 0.1) is 0 Å². The predicted octanol–water partition coefficient (Wildman–Crippen LogP) is 2.07. The SMILES string of the molecule is CNC(=O)OCCCCc1ccc(O)cc1. The summed E-state index contributed by atoms with van der Waals surface area (Å²) in [7, 11) is 1.54. The molecule has 4 heteroatoms. The van der Waals surface area contributed by atoms with E-state index in [-0.39, 0.29) is 11.8 Å². The van der Waals surface area contributed by atoms with E-state index in [1.807, 2.05) is 12.1 Å². The van der Waals surface area contributed by atoms with Gasteiger partial charge in [-0.2, -0.15) is 0 Å². The maximum Gasteiger partial charge on any atom is 0.406 e. The first-order valence-corrected chi connectivity index (χ1v) is 5.35. The molecule has 0 heterocycles. The molecule has 1 amide bonds.